The summed E-state index contributed by atoms with van der Waals surface area (Å²) in [6.45, 7) is 10.1. The van der Waals surface area contributed by atoms with Crippen molar-refractivity contribution in [3.8, 4) is 0 Å². The van der Waals surface area contributed by atoms with Crippen molar-refractivity contribution in [2.45, 2.75) is 32.2 Å². The lowest BCUT2D eigenvalue weighted by molar-refractivity contribution is -0.149. The lowest BCUT2D eigenvalue weighted by atomic mass is 9.93. The maximum atomic E-state index is 12.1. The van der Waals surface area contributed by atoms with Crippen LogP contribution in [0.1, 0.15) is 18.1 Å². The van der Waals surface area contributed by atoms with Crippen molar-refractivity contribution in [2.75, 3.05) is 7.11 Å². The number of esters is 1. The quantitative estimate of drug-likeness (QED) is 0.434. The third kappa shape index (κ3) is 4.94. The molecular weight excluding hydrogens is 268 g/mol. The van der Waals surface area contributed by atoms with E-state index in [2.05, 4.69) is 26.2 Å². The number of methoxy groups -OCH3 is 1. The molecule has 0 unspecified atom stereocenters. The standard InChI is InChI=1S/C16H24O3Si/c1-6-10-14(16(17)18-2)15(19-20(3,4)5)13-11-8-7-9-12-13/h6-9,11-12,14-15H,1,10H2,2-5H3/t14-,15+/m0/s1. The zero-order valence-electron chi connectivity index (χ0n) is 12.8. The summed E-state index contributed by atoms with van der Waals surface area (Å²) in [6, 6.07) is 9.85. The largest absolute Gasteiger partial charge is 0.469 e. The smallest absolute Gasteiger partial charge is 0.311 e. The molecule has 110 valence electrons. The Hall–Kier alpha value is -1.39. The highest BCUT2D eigenvalue weighted by molar-refractivity contribution is 6.69. The molecule has 0 bridgehead atoms. The van der Waals surface area contributed by atoms with Gasteiger partial charge in [-0.05, 0) is 31.6 Å². The van der Waals surface area contributed by atoms with Gasteiger partial charge in [-0.3, -0.25) is 4.79 Å². The van der Waals surface area contributed by atoms with E-state index in [0.29, 0.717) is 6.42 Å². The van der Waals surface area contributed by atoms with E-state index in [1.54, 1.807) is 6.08 Å². The van der Waals surface area contributed by atoms with E-state index in [4.69, 9.17) is 9.16 Å². The molecule has 20 heavy (non-hydrogen) atoms. The van der Waals surface area contributed by atoms with Gasteiger partial charge in [0.2, 0.25) is 0 Å². The average Bonchev–Trinajstić information content (AvgIpc) is 2.41. The average molecular weight is 292 g/mol. The molecule has 3 nitrogen and oxygen atoms in total. The first kappa shape index (κ1) is 16.7. The molecule has 1 aromatic rings. The fraction of sp³-hybridized carbons (Fsp3) is 0.438. The molecule has 1 aromatic carbocycles. The second-order valence-electron chi connectivity index (χ2n) is 5.72. The number of rotatable bonds is 7. The summed E-state index contributed by atoms with van der Waals surface area (Å²) in [7, 11) is -0.384. The molecule has 0 aliphatic rings. The van der Waals surface area contributed by atoms with Crippen LogP contribution in [0.5, 0.6) is 0 Å². The predicted molar refractivity (Wildman–Crippen MR) is 83.9 cm³/mol. The number of carbonyl (C=O) groups is 1. The van der Waals surface area contributed by atoms with Crippen LogP contribution < -0.4 is 0 Å². The third-order valence-electron chi connectivity index (χ3n) is 2.90. The van der Waals surface area contributed by atoms with Crippen molar-refractivity contribution in [3.05, 3.63) is 48.6 Å². The summed E-state index contributed by atoms with van der Waals surface area (Å²) >= 11 is 0. The Bertz CT molecular complexity index is 437. The van der Waals surface area contributed by atoms with Crippen LogP contribution in [0, 0.1) is 5.92 Å². The Morgan fingerprint density at radius 2 is 1.90 bits per heavy atom. The summed E-state index contributed by atoms with van der Waals surface area (Å²) in [4.78, 5) is 12.1. The lowest BCUT2D eigenvalue weighted by Crippen LogP contribution is -2.34. The van der Waals surface area contributed by atoms with Crippen molar-refractivity contribution in [1.82, 2.24) is 0 Å². The SMILES string of the molecule is C=CC[C@H](C(=O)OC)[C@H](O[Si](C)(C)C)c1ccccc1. The van der Waals surface area contributed by atoms with Crippen LogP contribution in [0.15, 0.2) is 43.0 Å². The van der Waals surface area contributed by atoms with Crippen molar-refractivity contribution in [2.24, 2.45) is 5.92 Å². The Morgan fingerprint density at radius 1 is 1.30 bits per heavy atom. The molecule has 0 aromatic heterocycles. The first-order valence-electron chi connectivity index (χ1n) is 6.80. The molecule has 0 fully saturated rings. The zero-order valence-corrected chi connectivity index (χ0v) is 13.8. The van der Waals surface area contributed by atoms with Crippen LogP contribution in [-0.4, -0.2) is 21.4 Å². The third-order valence-corrected chi connectivity index (χ3v) is 3.86. The van der Waals surface area contributed by atoms with Gasteiger partial charge in [0.15, 0.2) is 8.32 Å². The van der Waals surface area contributed by atoms with E-state index in [0.717, 1.165) is 5.56 Å². The molecule has 0 aliphatic heterocycles. The molecule has 0 heterocycles. The molecule has 0 saturated heterocycles. The van der Waals surface area contributed by atoms with Gasteiger partial charge in [-0.1, -0.05) is 36.4 Å². The van der Waals surface area contributed by atoms with Gasteiger partial charge in [0.25, 0.3) is 0 Å². The van der Waals surface area contributed by atoms with E-state index in [1.807, 2.05) is 30.3 Å². The molecule has 4 heteroatoms. The van der Waals surface area contributed by atoms with Gasteiger partial charge in [0.1, 0.15) is 0 Å². The fourth-order valence-electron chi connectivity index (χ4n) is 2.08. The highest BCUT2D eigenvalue weighted by Crippen LogP contribution is 2.32. The second-order valence-corrected chi connectivity index (χ2v) is 10.2. The topological polar surface area (TPSA) is 35.5 Å². The molecule has 0 N–H and O–H groups in total. The minimum atomic E-state index is -1.80. The molecular formula is C16H24O3Si. The number of allylic oxidation sites excluding steroid dienone is 1. The monoisotopic (exact) mass is 292 g/mol. The van der Waals surface area contributed by atoms with Gasteiger partial charge < -0.3 is 9.16 Å². The minimum Gasteiger partial charge on any atom is -0.469 e. The van der Waals surface area contributed by atoms with Crippen molar-refractivity contribution in [1.29, 1.82) is 0 Å². The van der Waals surface area contributed by atoms with Crippen molar-refractivity contribution < 1.29 is 14.0 Å². The van der Waals surface area contributed by atoms with Crippen molar-refractivity contribution in [3.63, 3.8) is 0 Å². The van der Waals surface area contributed by atoms with Crippen LogP contribution in [0.3, 0.4) is 0 Å². The van der Waals surface area contributed by atoms with Gasteiger partial charge in [-0.25, -0.2) is 0 Å². The predicted octanol–water partition coefficient (Wildman–Crippen LogP) is 3.94. The number of ether oxygens (including phenoxy) is 1. The molecule has 0 aliphatic carbocycles. The van der Waals surface area contributed by atoms with E-state index >= 15 is 0 Å². The molecule has 0 saturated carbocycles. The van der Waals surface area contributed by atoms with E-state index < -0.39 is 8.32 Å². The highest BCUT2D eigenvalue weighted by Gasteiger charge is 2.33. The van der Waals surface area contributed by atoms with Crippen LogP contribution in [0.25, 0.3) is 0 Å². The summed E-state index contributed by atoms with van der Waals surface area (Å²) in [5, 5.41) is 0. The molecule has 1 rings (SSSR count). The molecule has 2 atom stereocenters. The van der Waals surface area contributed by atoms with Gasteiger partial charge in [0, 0.05) is 0 Å². The fourth-order valence-corrected chi connectivity index (χ4v) is 3.14. The summed E-state index contributed by atoms with van der Waals surface area (Å²) in [5.74, 6) is -0.608. The molecule has 0 amide bonds. The Balaban J connectivity index is 3.13. The summed E-state index contributed by atoms with van der Waals surface area (Å²) < 4.78 is 11.2. The van der Waals surface area contributed by atoms with Crippen LogP contribution in [0.2, 0.25) is 19.6 Å². The molecule has 0 radical (unpaired) electrons. The summed E-state index contributed by atoms with van der Waals surface area (Å²) in [6.07, 6.45) is 2.00. The normalized spacial score (nSPS) is 14.4. The highest BCUT2D eigenvalue weighted by atomic mass is 28.4. The first-order chi connectivity index (χ1) is 9.39. The second kappa shape index (κ2) is 7.41. The van der Waals surface area contributed by atoms with Gasteiger partial charge in [-0.15, -0.1) is 6.58 Å². The Labute approximate surface area is 122 Å². The van der Waals surface area contributed by atoms with E-state index in [1.165, 1.54) is 7.11 Å². The number of benzene rings is 1. The number of hydrogen-bond acceptors (Lipinski definition) is 3. The van der Waals surface area contributed by atoms with Gasteiger partial charge in [0.05, 0.1) is 19.1 Å². The van der Waals surface area contributed by atoms with E-state index in [9.17, 15) is 4.79 Å². The van der Waals surface area contributed by atoms with E-state index in [-0.39, 0.29) is 18.0 Å². The van der Waals surface area contributed by atoms with Crippen LogP contribution in [0.4, 0.5) is 0 Å². The Morgan fingerprint density at radius 3 is 2.35 bits per heavy atom. The zero-order chi connectivity index (χ0) is 15.2. The number of carbonyl (C=O) groups excluding carboxylic acids is 1. The van der Waals surface area contributed by atoms with Crippen LogP contribution in [-0.2, 0) is 14.0 Å². The van der Waals surface area contributed by atoms with Crippen LogP contribution >= 0.6 is 0 Å². The number of hydrogen-bond donors (Lipinski definition) is 0. The minimum absolute atomic E-state index is 0.253. The van der Waals surface area contributed by atoms with Gasteiger partial charge in [-0.2, -0.15) is 0 Å². The maximum absolute atomic E-state index is 12.1. The molecule has 0 spiro atoms. The Kier molecular flexibility index (Phi) is 6.17. The van der Waals surface area contributed by atoms with Crippen molar-refractivity contribution >= 4 is 14.3 Å². The lowest BCUT2D eigenvalue weighted by Gasteiger charge is -2.31. The maximum Gasteiger partial charge on any atom is 0.311 e. The first-order valence-corrected chi connectivity index (χ1v) is 10.2. The summed E-state index contributed by atoms with van der Waals surface area (Å²) in [5.41, 5.74) is 1.01. The van der Waals surface area contributed by atoms with Gasteiger partial charge >= 0.3 is 5.97 Å².